The molecule has 0 fully saturated rings. The van der Waals surface area contributed by atoms with Crippen LogP contribution in [0.3, 0.4) is 0 Å². The van der Waals surface area contributed by atoms with E-state index in [2.05, 4.69) is 22.5 Å². The molecule has 0 bridgehead atoms. The van der Waals surface area contributed by atoms with Crippen molar-refractivity contribution in [3.05, 3.63) is 40.6 Å². The van der Waals surface area contributed by atoms with E-state index in [9.17, 15) is 4.39 Å². The standard InChI is InChI=1S/C9H7BrClF/c1-6(5-11)7-3-2-4-8(12)9(7)10/h2-4H,1,5H2. The molecule has 0 aliphatic carbocycles. The van der Waals surface area contributed by atoms with E-state index in [0.717, 1.165) is 5.56 Å². The van der Waals surface area contributed by atoms with Gasteiger partial charge in [0.15, 0.2) is 0 Å². The Balaban J connectivity index is 3.16. The first-order valence-electron chi connectivity index (χ1n) is 3.35. The fraction of sp³-hybridized carbons (Fsp3) is 0.111. The smallest absolute Gasteiger partial charge is 0.137 e. The lowest BCUT2D eigenvalue weighted by Gasteiger charge is -2.04. The summed E-state index contributed by atoms with van der Waals surface area (Å²) < 4.78 is 13.4. The average molecular weight is 250 g/mol. The second-order valence-electron chi connectivity index (χ2n) is 2.34. The Morgan fingerprint density at radius 3 is 2.83 bits per heavy atom. The Morgan fingerprint density at radius 1 is 1.58 bits per heavy atom. The van der Waals surface area contributed by atoms with E-state index < -0.39 is 0 Å². The molecule has 1 rings (SSSR count). The number of hydrogen-bond acceptors (Lipinski definition) is 0. The number of alkyl halides is 1. The zero-order chi connectivity index (χ0) is 9.14. The van der Waals surface area contributed by atoms with Crippen LogP contribution in [0.5, 0.6) is 0 Å². The Bertz CT molecular complexity index is 309. The fourth-order valence-corrected chi connectivity index (χ4v) is 1.54. The number of allylic oxidation sites excluding steroid dienone is 1. The topological polar surface area (TPSA) is 0 Å². The van der Waals surface area contributed by atoms with Gasteiger partial charge < -0.3 is 0 Å². The highest BCUT2D eigenvalue weighted by Gasteiger charge is 2.06. The van der Waals surface area contributed by atoms with Crippen molar-refractivity contribution in [2.24, 2.45) is 0 Å². The molecule has 0 unspecified atom stereocenters. The first-order chi connectivity index (χ1) is 5.66. The quantitative estimate of drug-likeness (QED) is 0.699. The van der Waals surface area contributed by atoms with Crippen molar-refractivity contribution < 1.29 is 4.39 Å². The minimum Gasteiger partial charge on any atom is -0.206 e. The van der Waals surface area contributed by atoms with Crippen LogP contribution >= 0.6 is 27.5 Å². The second-order valence-corrected chi connectivity index (χ2v) is 3.40. The third kappa shape index (κ3) is 1.87. The molecule has 0 radical (unpaired) electrons. The lowest BCUT2D eigenvalue weighted by molar-refractivity contribution is 0.620. The van der Waals surface area contributed by atoms with Crippen molar-refractivity contribution in [3.63, 3.8) is 0 Å². The van der Waals surface area contributed by atoms with Crippen LogP contribution in [0.15, 0.2) is 29.3 Å². The van der Waals surface area contributed by atoms with E-state index in [-0.39, 0.29) is 5.82 Å². The van der Waals surface area contributed by atoms with E-state index >= 15 is 0 Å². The fourth-order valence-electron chi connectivity index (χ4n) is 0.849. The molecule has 0 heterocycles. The third-order valence-electron chi connectivity index (χ3n) is 1.49. The zero-order valence-electron chi connectivity index (χ0n) is 6.28. The molecule has 0 amide bonds. The van der Waals surface area contributed by atoms with Crippen LogP contribution in [0.1, 0.15) is 5.56 Å². The summed E-state index contributed by atoms with van der Waals surface area (Å²) in [7, 11) is 0. The van der Waals surface area contributed by atoms with E-state index in [1.807, 2.05) is 0 Å². The maximum absolute atomic E-state index is 12.9. The summed E-state index contributed by atoms with van der Waals surface area (Å²) in [5.74, 6) is 0.0148. The van der Waals surface area contributed by atoms with Gasteiger partial charge in [0.05, 0.1) is 4.47 Å². The Kier molecular flexibility index (Phi) is 3.29. The van der Waals surface area contributed by atoms with Gasteiger partial charge in [0.25, 0.3) is 0 Å². The molecule has 0 aromatic heterocycles. The van der Waals surface area contributed by atoms with Gasteiger partial charge in [-0.15, -0.1) is 11.6 Å². The van der Waals surface area contributed by atoms with Gasteiger partial charge in [-0.2, -0.15) is 0 Å². The summed E-state index contributed by atoms with van der Waals surface area (Å²) in [4.78, 5) is 0. The first kappa shape index (κ1) is 9.75. The summed E-state index contributed by atoms with van der Waals surface area (Å²) in [6.45, 7) is 3.72. The summed E-state index contributed by atoms with van der Waals surface area (Å²) >= 11 is 8.70. The minimum absolute atomic E-state index is 0.293. The lowest BCUT2D eigenvalue weighted by atomic mass is 10.1. The molecule has 0 aliphatic heterocycles. The monoisotopic (exact) mass is 248 g/mol. The SMILES string of the molecule is C=C(CCl)c1cccc(F)c1Br. The minimum atomic E-state index is -0.293. The van der Waals surface area contributed by atoms with Gasteiger partial charge in [-0.25, -0.2) is 4.39 Å². The van der Waals surface area contributed by atoms with Crippen molar-refractivity contribution >= 4 is 33.1 Å². The molecular formula is C9H7BrClF. The molecule has 0 spiro atoms. The first-order valence-corrected chi connectivity index (χ1v) is 4.67. The van der Waals surface area contributed by atoms with Gasteiger partial charge >= 0.3 is 0 Å². The molecule has 12 heavy (non-hydrogen) atoms. The second kappa shape index (κ2) is 4.06. The van der Waals surface area contributed by atoms with Crippen LogP contribution in [-0.4, -0.2) is 5.88 Å². The highest BCUT2D eigenvalue weighted by Crippen LogP contribution is 2.26. The van der Waals surface area contributed by atoms with Gasteiger partial charge in [0, 0.05) is 5.88 Å². The molecule has 0 saturated carbocycles. The Labute approximate surface area is 84.2 Å². The van der Waals surface area contributed by atoms with Crippen LogP contribution in [0.2, 0.25) is 0 Å². The molecule has 0 atom stereocenters. The molecule has 0 N–H and O–H groups in total. The van der Waals surface area contributed by atoms with Gasteiger partial charge in [-0.3, -0.25) is 0 Å². The maximum atomic E-state index is 12.9. The van der Waals surface area contributed by atoms with Crippen LogP contribution < -0.4 is 0 Å². The van der Waals surface area contributed by atoms with Crippen molar-refractivity contribution in [1.82, 2.24) is 0 Å². The van der Waals surface area contributed by atoms with Gasteiger partial charge in [0.2, 0.25) is 0 Å². The maximum Gasteiger partial charge on any atom is 0.137 e. The van der Waals surface area contributed by atoms with Crippen LogP contribution in [-0.2, 0) is 0 Å². The molecule has 0 saturated heterocycles. The molecule has 0 nitrogen and oxygen atoms in total. The predicted octanol–water partition coefficient (Wildman–Crippen LogP) is 3.84. The zero-order valence-corrected chi connectivity index (χ0v) is 8.62. The Morgan fingerprint density at radius 2 is 2.25 bits per heavy atom. The predicted molar refractivity (Wildman–Crippen MR) is 53.9 cm³/mol. The highest BCUT2D eigenvalue weighted by atomic mass is 79.9. The van der Waals surface area contributed by atoms with Crippen molar-refractivity contribution in [2.45, 2.75) is 0 Å². The Hall–Kier alpha value is -0.340. The number of rotatable bonds is 2. The molecule has 1 aromatic rings. The van der Waals surface area contributed by atoms with E-state index in [0.29, 0.717) is 15.9 Å². The summed E-state index contributed by atoms with van der Waals surface area (Å²) in [5.41, 5.74) is 1.44. The third-order valence-corrected chi connectivity index (χ3v) is 2.62. The van der Waals surface area contributed by atoms with Gasteiger partial charge in [-0.1, -0.05) is 18.7 Å². The largest absolute Gasteiger partial charge is 0.206 e. The van der Waals surface area contributed by atoms with Crippen molar-refractivity contribution in [1.29, 1.82) is 0 Å². The lowest BCUT2D eigenvalue weighted by Crippen LogP contribution is -1.88. The average Bonchev–Trinajstić information content (AvgIpc) is 2.08. The molecule has 3 heteroatoms. The molecular weight excluding hydrogens is 242 g/mol. The number of halogens is 3. The van der Waals surface area contributed by atoms with Crippen molar-refractivity contribution in [3.8, 4) is 0 Å². The summed E-state index contributed by atoms with van der Waals surface area (Å²) in [6.07, 6.45) is 0. The highest BCUT2D eigenvalue weighted by molar-refractivity contribution is 9.10. The van der Waals surface area contributed by atoms with Crippen LogP contribution in [0.4, 0.5) is 4.39 Å². The van der Waals surface area contributed by atoms with Crippen LogP contribution in [0, 0.1) is 5.82 Å². The normalized spacial score (nSPS) is 9.92. The number of hydrogen-bond donors (Lipinski definition) is 0. The van der Waals surface area contributed by atoms with Crippen LogP contribution in [0.25, 0.3) is 5.57 Å². The molecule has 1 aromatic carbocycles. The van der Waals surface area contributed by atoms with Crippen molar-refractivity contribution in [2.75, 3.05) is 5.88 Å². The van der Waals surface area contributed by atoms with E-state index in [1.165, 1.54) is 6.07 Å². The molecule has 64 valence electrons. The molecule has 0 aliphatic rings. The van der Waals surface area contributed by atoms with Gasteiger partial charge in [-0.05, 0) is 33.1 Å². The van der Waals surface area contributed by atoms with E-state index in [1.54, 1.807) is 12.1 Å². The number of benzene rings is 1. The summed E-state index contributed by atoms with van der Waals surface area (Å²) in [6, 6.07) is 4.79. The van der Waals surface area contributed by atoms with E-state index in [4.69, 9.17) is 11.6 Å². The summed E-state index contributed by atoms with van der Waals surface area (Å²) in [5, 5.41) is 0. The van der Waals surface area contributed by atoms with Gasteiger partial charge in [0.1, 0.15) is 5.82 Å².